The Morgan fingerprint density at radius 3 is 2.82 bits per heavy atom. The van der Waals surface area contributed by atoms with Gasteiger partial charge in [-0.15, -0.1) is 10.2 Å². The van der Waals surface area contributed by atoms with Crippen molar-refractivity contribution >= 4 is 16.7 Å². The second-order valence-corrected chi connectivity index (χ2v) is 7.03. The molecule has 6 nitrogen and oxygen atoms in total. The lowest BCUT2D eigenvalue weighted by Gasteiger charge is -2.12. The van der Waals surface area contributed by atoms with E-state index in [1.165, 1.54) is 0 Å². The molecule has 0 saturated heterocycles. The Kier molecular flexibility index (Phi) is 4.93. The van der Waals surface area contributed by atoms with Crippen LogP contribution in [0.1, 0.15) is 40.4 Å². The van der Waals surface area contributed by atoms with E-state index in [9.17, 15) is 4.79 Å². The zero-order chi connectivity index (χ0) is 19.5. The molecule has 0 aliphatic carbocycles. The van der Waals surface area contributed by atoms with Gasteiger partial charge in [-0.25, -0.2) is 4.98 Å². The summed E-state index contributed by atoms with van der Waals surface area (Å²) in [5, 5.41) is 9.11. The van der Waals surface area contributed by atoms with Gasteiger partial charge in [0, 0.05) is 30.7 Å². The maximum Gasteiger partial charge on any atom is 0.187 e. The number of carbonyl (C=O) groups is 1. The third kappa shape index (κ3) is 3.81. The summed E-state index contributed by atoms with van der Waals surface area (Å²) in [6.45, 7) is 2.14. The van der Waals surface area contributed by atoms with Gasteiger partial charge in [0.15, 0.2) is 5.78 Å². The predicted molar refractivity (Wildman–Crippen MR) is 107 cm³/mol. The van der Waals surface area contributed by atoms with Gasteiger partial charge in [0.25, 0.3) is 0 Å². The van der Waals surface area contributed by atoms with E-state index in [-0.39, 0.29) is 18.1 Å². The van der Waals surface area contributed by atoms with Crippen molar-refractivity contribution in [1.82, 2.24) is 24.7 Å². The molecule has 0 aliphatic heterocycles. The van der Waals surface area contributed by atoms with E-state index in [0.717, 1.165) is 34.4 Å². The fourth-order valence-electron chi connectivity index (χ4n) is 3.26. The van der Waals surface area contributed by atoms with Crippen molar-refractivity contribution in [1.29, 1.82) is 0 Å². The van der Waals surface area contributed by atoms with Gasteiger partial charge in [-0.1, -0.05) is 31.2 Å². The summed E-state index contributed by atoms with van der Waals surface area (Å²) in [6.07, 6.45) is 4.48. The van der Waals surface area contributed by atoms with Crippen molar-refractivity contribution in [2.24, 2.45) is 7.05 Å². The standard InChI is InChI=1S/C22H21N5O/c1-15(11-22-26-24-14-27(22)2)17-9-10-23-18(12-17)13-21(28)20-8-7-16-5-3-4-6-19(16)25-20/h3-10,12,14-15H,11,13H2,1-2H3/t15-/m1/s1. The predicted octanol–water partition coefficient (Wildman–Crippen LogP) is 3.53. The molecule has 140 valence electrons. The zero-order valence-corrected chi connectivity index (χ0v) is 15.9. The molecular weight excluding hydrogens is 350 g/mol. The van der Waals surface area contributed by atoms with Crippen LogP contribution in [0.15, 0.2) is 61.1 Å². The first kappa shape index (κ1) is 18.0. The van der Waals surface area contributed by atoms with Gasteiger partial charge in [0.1, 0.15) is 17.8 Å². The number of aryl methyl sites for hydroxylation is 1. The van der Waals surface area contributed by atoms with Crippen LogP contribution in [0.25, 0.3) is 10.9 Å². The second-order valence-electron chi connectivity index (χ2n) is 7.03. The van der Waals surface area contributed by atoms with Crippen molar-refractivity contribution in [2.75, 3.05) is 0 Å². The Morgan fingerprint density at radius 2 is 2.00 bits per heavy atom. The van der Waals surface area contributed by atoms with Gasteiger partial charge in [-0.2, -0.15) is 0 Å². The molecule has 4 rings (SSSR count). The Hall–Kier alpha value is -3.41. The summed E-state index contributed by atoms with van der Waals surface area (Å²) >= 11 is 0. The lowest BCUT2D eigenvalue weighted by molar-refractivity contribution is 0.0987. The molecule has 0 amide bonds. The van der Waals surface area contributed by atoms with E-state index < -0.39 is 0 Å². The number of hydrogen-bond acceptors (Lipinski definition) is 5. The lowest BCUT2D eigenvalue weighted by Crippen LogP contribution is -2.09. The van der Waals surface area contributed by atoms with Crippen LogP contribution >= 0.6 is 0 Å². The molecule has 28 heavy (non-hydrogen) atoms. The largest absolute Gasteiger partial charge is 0.321 e. The number of carbonyl (C=O) groups excluding carboxylic acids is 1. The number of nitrogens with zero attached hydrogens (tertiary/aromatic N) is 5. The van der Waals surface area contributed by atoms with Crippen molar-refractivity contribution in [3.63, 3.8) is 0 Å². The molecule has 6 heteroatoms. The molecule has 0 N–H and O–H groups in total. The SMILES string of the molecule is C[C@H](Cc1nncn1C)c1ccnc(CC(=O)c2ccc3ccccc3n2)c1. The molecule has 0 saturated carbocycles. The fraction of sp³-hybridized carbons (Fsp3) is 0.227. The number of ketones is 1. The van der Waals surface area contributed by atoms with Gasteiger partial charge < -0.3 is 4.57 Å². The van der Waals surface area contributed by atoms with Gasteiger partial charge in [0.2, 0.25) is 0 Å². The highest BCUT2D eigenvalue weighted by molar-refractivity contribution is 5.97. The minimum Gasteiger partial charge on any atom is -0.321 e. The Balaban J connectivity index is 1.50. The van der Waals surface area contributed by atoms with Crippen LogP contribution in [-0.4, -0.2) is 30.5 Å². The van der Waals surface area contributed by atoms with Crippen LogP contribution in [0.2, 0.25) is 0 Å². The number of pyridine rings is 2. The van der Waals surface area contributed by atoms with E-state index in [0.29, 0.717) is 5.69 Å². The van der Waals surface area contributed by atoms with E-state index in [2.05, 4.69) is 27.1 Å². The summed E-state index contributed by atoms with van der Waals surface area (Å²) < 4.78 is 1.92. The van der Waals surface area contributed by atoms with Crippen LogP contribution in [0, 0.1) is 0 Å². The highest BCUT2D eigenvalue weighted by Crippen LogP contribution is 2.20. The van der Waals surface area contributed by atoms with Crippen LogP contribution in [-0.2, 0) is 19.9 Å². The highest BCUT2D eigenvalue weighted by atomic mass is 16.1. The normalized spacial score (nSPS) is 12.2. The van der Waals surface area contributed by atoms with Gasteiger partial charge in [-0.3, -0.25) is 9.78 Å². The third-order valence-electron chi connectivity index (χ3n) is 4.93. The first-order valence-electron chi connectivity index (χ1n) is 9.27. The number of hydrogen-bond donors (Lipinski definition) is 0. The topological polar surface area (TPSA) is 73.6 Å². The number of rotatable bonds is 6. The third-order valence-corrected chi connectivity index (χ3v) is 4.93. The zero-order valence-electron chi connectivity index (χ0n) is 15.9. The second kappa shape index (κ2) is 7.68. The van der Waals surface area contributed by atoms with Crippen molar-refractivity contribution in [3.8, 4) is 0 Å². The summed E-state index contributed by atoms with van der Waals surface area (Å²) in [5.41, 5.74) is 3.18. The molecule has 1 aromatic carbocycles. The van der Waals surface area contributed by atoms with Crippen molar-refractivity contribution in [3.05, 3.63) is 83.8 Å². The molecule has 3 heterocycles. The molecule has 3 aromatic heterocycles. The molecular formula is C22H21N5O. The van der Waals surface area contributed by atoms with E-state index in [4.69, 9.17) is 0 Å². The van der Waals surface area contributed by atoms with Gasteiger partial charge in [0.05, 0.1) is 11.9 Å². The summed E-state index contributed by atoms with van der Waals surface area (Å²) in [6, 6.07) is 15.5. The van der Waals surface area contributed by atoms with E-state index >= 15 is 0 Å². The van der Waals surface area contributed by atoms with Gasteiger partial charge >= 0.3 is 0 Å². The molecule has 0 radical (unpaired) electrons. The molecule has 0 bridgehead atoms. The van der Waals surface area contributed by atoms with Crippen molar-refractivity contribution < 1.29 is 4.79 Å². The number of para-hydroxylation sites is 1. The van der Waals surface area contributed by atoms with Crippen LogP contribution < -0.4 is 0 Å². The maximum atomic E-state index is 12.7. The monoisotopic (exact) mass is 371 g/mol. The fourth-order valence-corrected chi connectivity index (χ4v) is 3.26. The number of fused-ring (bicyclic) bond motifs is 1. The molecule has 1 atom stereocenters. The summed E-state index contributed by atoms with van der Waals surface area (Å²) in [5.74, 6) is 1.15. The Bertz CT molecular complexity index is 1130. The summed E-state index contributed by atoms with van der Waals surface area (Å²) in [7, 11) is 1.94. The lowest BCUT2D eigenvalue weighted by atomic mass is 9.97. The minimum atomic E-state index is -0.0312. The van der Waals surface area contributed by atoms with Crippen molar-refractivity contribution in [2.45, 2.75) is 25.7 Å². The first-order valence-corrected chi connectivity index (χ1v) is 9.27. The molecule has 0 aliphatic rings. The average molecular weight is 371 g/mol. The van der Waals surface area contributed by atoms with Gasteiger partial charge in [-0.05, 0) is 35.7 Å². The highest BCUT2D eigenvalue weighted by Gasteiger charge is 2.14. The average Bonchev–Trinajstić information content (AvgIpc) is 3.12. The molecule has 0 unspecified atom stereocenters. The number of Topliss-reactive ketones (excluding diaryl/α,β-unsaturated/α-hetero) is 1. The van der Waals surface area contributed by atoms with Crippen LogP contribution in [0.3, 0.4) is 0 Å². The Morgan fingerprint density at radius 1 is 1.14 bits per heavy atom. The maximum absolute atomic E-state index is 12.7. The number of benzene rings is 1. The van der Waals surface area contributed by atoms with E-state index in [1.54, 1.807) is 18.6 Å². The Labute approximate surface area is 163 Å². The smallest absolute Gasteiger partial charge is 0.187 e. The van der Waals surface area contributed by atoms with Crippen LogP contribution in [0.5, 0.6) is 0 Å². The number of aromatic nitrogens is 5. The molecule has 0 spiro atoms. The first-order chi connectivity index (χ1) is 13.6. The summed E-state index contributed by atoms with van der Waals surface area (Å²) in [4.78, 5) is 21.6. The minimum absolute atomic E-state index is 0.0312. The van der Waals surface area contributed by atoms with E-state index in [1.807, 2.05) is 54.1 Å². The molecule has 0 fully saturated rings. The molecule has 4 aromatic rings. The van der Waals surface area contributed by atoms with Crippen LogP contribution in [0.4, 0.5) is 0 Å². The quantitative estimate of drug-likeness (QED) is 0.485.